The standard InChI is InChI=1S/C19H25F3N2O2/c1-13(14-8-6-5-7-9-14)23-16-10-11-24(12-15(16)19(20,21)22)17(25)26-18(2,3)4/h5-9,13,15H,10-12H2,1-4H3. The van der Waals surface area contributed by atoms with Gasteiger partial charge in [-0.3, -0.25) is 4.99 Å². The number of carbonyl (C=O) groups excluding carboxylic acids is 1. The summed E-state index contributed by atoms with van der Waals surface area (Å²) in [5.74, 6) is -1.77. The first-order valence-corrected chi connectivity index (χ1v) is 8.63. The number of aliphatic imine (C=N–C) groups is 1. The van der Waals surface area contributed by atoms with Crippen molar-refractivity contribution in [3.63, 3.8) is 0 Å². The van der Waals surface area contributed by atoms with Gasteiger partial charge in [0.2, 0.25) is 0 Å². The van der Waals surface area contributed by atoms with Crippen LogP contribution in [-0.4, -0.2) is 41.6 Å². The fourth-order valence-electron chi connectivity index (χ4n) is 2.83. The summed E-state index contributed by atoms with van der Waals surface area (Å²) < 4.78 is 45.9. The quantitative estimate of drug-likeness (QED) is 0.734. The molecule has 2 rings (SSSR count). The number of hydrogen-bond acceptors (Lipinski definition) is 3. The molecule has 26 heavy (non-hydrogen) atoms. The Labute approximate surface area is 152 Å². The topological polar surface area (TPSA) is 41.9 Å². The highest BCUT2D eigenvalue weighted by molar-refractivity contribution is 5.90. The maximum absolute atomic E-state index is 13.6. The predicted octanol–water partition coefficient (Wildman–Crippen LogP) is 5.01. The summed E-state index contributed by atoms with van der Waals surface area (Å²) in [7, 11) is 0. The third-order valence-electron chi connectivity index (χ3n) is 4.13. The molecule has 1 fully saturated rings. The Morgan fingerprint density at radius 2 is 1.85 bits per heavy atom. The normalized spacial score (nSPS) is 21.6. The van der Waals surface area contributed by atoms with Gasteiger partial charge in [0.15, 0.2) is 0 Å². The molecule has 0 bridgehead atoms. The number of halogens is 3. The van der Waals surface area contributed by atoms with Crippen LogP contribution in [0.4, 0.5) is 18.0 Å². The van der Waals surface area contributed by atoms with Gasteiger partial charge in [-0.1, -0.05) is 30.3 Å². The monoisotopic (exact) mass is 370 g/mol. The van der Waals surface area contributed by atoms with Crippen molar-refractivity contribution in [1.29, 1.82) is 0 Å². The minimum Gasteiger partial charge on any atom is -0.444 e. The van der Waals surface area contributed by atoms with E-state index >= 15 is 0 Å². The molecule has 1 aromatic carbocycles. The van der Waals surface area contributed by atoms with Crippen molar-refractivity contribution >= 4 is 11.8 Å². The van der Waals surface area contributed by atoms with Crippen molar-refractivity contribution < 1.29 is 22.7 Å². The summed E-state index contributed by atoms with van der Waals surface area (Å²) in [5.41, 5.74) is 0.199. The average Bonchev–Trinajstić information content (AvgIpc) is 2.53. The van der Waals surface area contributed by atoms with Crippen molar-refractivity contribution in [2.75, 3.05) is 13.1 Å². The summed E-state index contributed by atoms with van der Waals surface area (Å²) in [6, 6.07) is 8.82. The molecule has 0 N–H and O–H groups in total. The van der Waals surface area contributed by atoms with Gasteiger partial charge in [0.25, 0.3) is 0 Å². The smallest absolute Gasteiger partial charge is 0.410 e. The van der Waals surface area contributed by atoms with Gasteiger partial charge in [-0.15, -0.1) is 0 Å². The van der Waals surface area contributed by atoms with Gasteiger partial charge < -0.3 is 9.64 Å². The molecule has 1 aromatic rings. The van der Waals surface area contributed by atoms with E-state index in [2.05, 4.69) is 4.99 Å². The zero-order valence-corrected chi connectivity index (χ0v) is 15.5. The molecule has 0 radical (unpaired) electrons. The summed E-state index contributed by atoms with van der Waals surface area (Å²) in [5, 5.41) is 0. The molecule has 0 aliphatic carbocycles. The van der Waals surface area contributed by atoms with Crippen LogP contribution in [-0.2, 0) is 4.74 Å². The van der Waals surface area contributed by atoms with E-state index in [0.29, 0.717) is 0 Å². The van der Waals surface area contributed by atoms with Crippen LogP contribution in [0.3, 0.4) is 0 Å². The van der Waals surface area contributed by atoms with Crippen molar-refractivity contribution in [1.82, 2.24) is 4.90 Å². The van der Waals surface area contributed by atoms with E-state index in [4.69, 9.17) is 4.74 Å². The maximum atomic E-state index is 13.6. The van der Waals surface area contributed by atoms with Crippen LogP contribution in [0.25, 0.3) is 0 Å². The van der Waals surface area contributed by atoms with Gasteiger partial charge in [0.1, 0.15) is 11.5 Å². The summed E-state index contributed by atoms with van der Waals surface area (Å²) in [6.07, 6.45) is -5.10. The van der Waals surface area contributed by atoms with Crippen LogP contribution in [0.5, 0.6) is 0 Å². The van der Waals surface area contributed by atoms with E-state index in [-0.39, 0.29) is 24.7 Å². The lowest BCUT2D eigenvalue weighted by Crippen LogP contribution is -2.50. The number of likely N-dealkylation sites (tertiary alicyclic amines) is 1. The first kappa shape index (κ1) is 20.3. The number of nitrogens with zero attached hydrogens (tertiary/aromatic N) is 2. The number of piperidine rings is 1. The lowest BCUT2D eigenvalue weighted by molar-refractivity contribution is -0.161. The third kappa shape index (κ3) is 5.47. The van der Waals surface area contributed by atoms with Crippen LogP contribution in [0, 0.1) is 5.92 Å². The Hall–Kier alpha value is -2.05. The molecule has 1 amide bonds. The fourth-order valence-corrected chi connectivity index (χ4v) is 2.83. The lowest BCUT2D eigenvalue weighted by Gasteiger charge is -2.36. The Balaban J connectivity index is 2.19. The van der Waals surface area contributed by atoms with E-state index in [1.165, 1.54) is 0 Å². The molecule has 1 saturated heterocycles. The number of ether oxygens (including phenoxy) is 1. The van der Waals surface area contributed by atoms with Gasteiger partial charge >= 0.3 is 12.3 Å². The van der Waals surface area contributed by atoms with E-state index in [1.807, 2.05) is 30.3 Å². The third-order valence-corrected chi connectivity index (χ3v) is 4.13. The first-order chi connectivity index (χ1) is 12.0. The molecule has 0 spiro atoms. The SMILES string of the molecule is CC(N=C1CCN(C(=O)OC(C)(C)C)CC1C(F)(F)F)c1ccccc1. The molecule has 1 heterocycles. The second-order valence-corrected chi connectivity index (χ2v) is 7.48. The predicted molar refractivity (Wildman–Crippen MR) is 94.3 cm³/mol. The summed E-state index contributed by atoms with van der Waals surface area (Å²) in [6.45, 7) is 6.54. The van der Waals surface area contributed by atoms with Gasteiger partial charge in [0, 0.05) is 25.2 Å². The van der Waals surface area contributed by atoms with Gasteiger partial charge in [-0.2, -0.15) is 13.2 Å². The van der Waals surface area contributed by atoms with E-state index in [0.717, 1.165) is 10.5 Å². The van der Waals surface area contributed by atoms with Crippen LogP contribution in [0.1, 0.15) is 45.7 Å². The second-order valence-electron chi connectivity index (χ2n) is 7.48. The zero-order valence-electron chi connectivity index (χ0n) is 15.5. The Morgan fingerprint density at radius 1 is 1.23 bits per heavy atom. The average molecular weight is 370 g/mol. The number of hydrogen-bond donors (Lipinski definition) is 0. The van der Waals surface area contributed by atoms with E-state index in [9.17, 15) is 18.0 Å². The number of amides is 1. The number of carbonyl (C=O) groups is 1. The van der Waals surface area contributed by atoms with Gasteiger partial charge in [-0.05, 0) is 33.3 Å². The largest absolute Gasteiger partial charge is 0.444 e. The van der Waals surface area contributed by atoms with Crippen LogP contribution < -0.4 is 0 Å². The number of benzene rings is 1. The highest BCUT2D eigenvalue weighted by Crippen LogP contribution is 2.33. The van der Waals surface area contributed by atoms with Crippen LogP contribution in [0.2, 0.25) is 0 Å². The molecule has 4 nitrogen and oxygen atoms in total. The minimum atomic E-state index is -4.46. The minimum absolute atomic E-state index is 0.0839. The van der Waals surface area contributed by atoms with E-state index < -0.39 is 30.3 Å². The number of alkyl halides is 3. The Morgan fingerprint density at radius 3 is 2.38 bits per heavy atom. The van der Waals surface area contributed by atoms with Crippen molar-refractivity contribution in [3.05, 3.63) is 35.9 Å². The van der Waals surface area contributed by atoms with Crippen LogP contribution in [0.15, 0.2) is 35.3 Å². The fraction of sp³-hybridized carbons (Fsp3) is 0.579. The lowest BCUT2D eigenvalue weighted by atomic mass is 9.94. The molecule has 7 heteroatoms. The van der Waals surface area contributed by atoms with Crippen molar-refractivity contribution in [2.24, 2.45) is 10.9 Å². The van der Waals surface area contributed by atoms with Gasteiger partial charge in [0.05, 0.1) is 6.04 Å². The first-order valence-electron chi connectivity index (χ1n) is 8.63. The Kier molecular flexibility index (Phi) is 5.98. The molecule has 1 aliphatic rings. The molecular formula is C19H25F3N2O2. The maximum Gasteiger partial charge on any atom is 0.410 e. The molecule has 2 atom stereocenters. The molecule has 2 unspecified atom stereocenters. The Bertz CT molecular complexity index is 651. The summed E-state index contributed by atoms with van der Waals surface area (Å²) in [4.78, 5) is 17.6. The van der Waals surface area contributed by atoms with Crippen LogP contribution >= 0.6 is 0 Å². The second kappa shape index (κ2) is 7.68. The van der Waals surface area contributed by atoms with Crippen molar-refractivity contribution in [3.8, 4) is 0 Å². The highest BCUT2D eigenvalue weighted by Gasteiger charge is 2.47. The molecule has 144 valence electrons. The van der Waals surface area contributed by atoms with Gasteiger partial charge in [-0.25, -0.2) is 4.79 Å². The molecular weight excluding hydrogens is 345 g/mol. The summed E-state index contributed by atoms with van der Waals surface area (Å²) >= 11 is 0. The highest BCUT2D eigenvalue weighted by atomic mass is 19.4. The zero-order chi connectivity index (χ0) is 19.5. The van der Waals surface area contributed by atoms with E-state index in [1.54, 1.807) is 27.7 Å². The number of rotatable bonds is 2. The molecule has 0 saturated carbocycles. The molecule has 1 aliphatic heterocycles. The molecule has 0 aromatic heterocycles. The van der Waals surface area contributed by atoms with Crippen molar-refractivity contribution in [2.45, 2.75) is 51.9 Å².